The number of nitrogens with zero attached hydrogens (tertiary/aromatic N) is 4. The van der Waals surface area contributed by atoms with E-state index in [0.717, 1.165) is 37.5 Å². The van der Waals surface area contributed by atoms with Crippen LogP contribution in [0.25, 0.3) is 0 Å². The molecule has 0 bridgehead atoms. The second kappa shape index (κ2) is 6.70. The fourth-order valence-corrected chi connectivity index (χ4v) is 3.31. The number of amides is 2. The number of hydrogen-bond acceptors (Lipinski definition) is 4. The van der Waals surface area contributed by atoms with Crippen LogP contribution in [0.15, 0.2) is 0 Å². The predicted molar refractivity (Wildman–Crippen MR) is 90.8 cm³/mol. The molecular formula is C17H29N5O2. The van der Waals surface area contributed by atoms with Crippen LogP contribution in [0.1, 0.15) is 70.6 Å². The van der Waals surface area contributed by atoms with Gasteiger partial charge in [-0.15, -0.1) is 0 Å². The van der Waals surface area contributed by atoms with Gasteiger partial charge in [-0.05, 0) is 26.2 Å². The maximum atomic E-state index is 12.7. The summed E-state index contributed by atoms with van der Waals surface area (Å²) in [5.41, 5.74) is -0.243. The zero-order valence-corrected chi connectivity index (χ0v) is 15.2. The van der Waals surface area contributed by atoms with Crippen LogP contribution in [0.2, 0.25) is 0 Å². The van der Waals surface area contributed by atoms with Crippen molar-refractivity contribution in [2.45, 2.75) is 71.1 Å². The largest absolute Gasteiger partial charge is 0.372 e. The summed E-state index contributed by atoms with van der Waals surface area (Å²) in [5, 5.41) is 7.74. The minimum atomic E-state index is -0.243. The average molecular weight is 335 g/mol. The number of carbonyl (C=O) groups is 1. The first-order chi connectivity index (χ1) is 11.4. The van der Waals surface area contributed by atoms with Gasteiger partial charge in [-0.25, -0.2) is 14.5 Å². The van der Waals surface area contributed by atoms with E-state index in [1.807, 2.05) is 9.58 Å². The Hall–Kier alpha value is -1.63. The van der Waals surface area contributed by atoms with Crippen molar-refractivity contribution in [3.05, 3.63) is 11.6 Å². The topological polar surface area (TPSA) is 72.3 Å². The minimum absolute atomic E-state index is 0.0227. The fraction of sp³-hybridized carbons (Fsp3) is 0.824. The summed E-state index contributed by atoms with van der Waals surface area (Å²) in [4.78, 5) is 19.3. The van der Waals surface area contributed by atoms with Gasteiger partial charge < -0.3 is 15.0 Å². The minimum Gasteiger partial charge on any atom is -0.372 e. The van der Waals surface area contributed by atoms with Gasteiger partial charge in [0.15, 0.2) is 5.82 Å². The molecule has 2 atom stereocenters. The van der Waals surface area contributed by atoms with E-state index >= 15 is 0 Å². The zero-order valence-electron chi connectivity index (χ0n) is 15.2. The summed E-state index contributed by atoms with van der Waals surface area (Å²) in [6.45, 7) is 11.1. The lowest BCUT2D eigenvalue weighted by Crippen LogP contribution is -2.55. The number of hydrogen-bond donors (Lipinski definition) is 1. The molecule has 0 spiro atoms. The Morgan fingerprint density at radius 3 is 2.96 bits per heavy atom. The standard InChI is InChI=1S/C17H29N5O2/c1-5-17(4)11-21(9-10-24-17)16(23)18-13-7-6-8-22-15(13)19-14(20-22)12(2)3/h12-13H,5-11H2,1-4H3,(H,18,23)/t13-,17-/m0/s1. The van der Waals surface area contributed by atoms with Crippen molar-refractivity contribution >= 4 is 6.03 Å². The van der Waals surface area contributed by atoms with Crippen molar-refractivity contribution in [2.24, 2.45) is 0 Å². The number of aromatic nitrogens is 3. The molecule has 24 heavy (non-hydrogen) atoms. The van der Waals surface area contributed by atoms with E-state index < -0.39 is 0 Å². The quantitative estimate of drug-likeness (QED) is 0.921. The van der Waals surface area contributed by atoms with Crippen molar-refractivity contribution < 1.29 is 9.53 Å². The molecule has 1 fully saturated rings. The van der Waals surface area contributed by atoms with E-state index in [4.69, 9.17) is 4.74 Å². The first-order valence-electron chi connectivity index (χ1n) is 9.06. The molecule has 7 heteroatoms. The Bertz CT molecular complexity index is 600. The van der Waals surface area contributed by atoms with Crippen LogP contribution in [0, 0.1) is 0 Å². The predicted octanol–water partition coefficient (Wildman–Crippen LogP) is 2.45. The van der Waals surface area contributed by atoms with Crippen LogP contribution in [0.4, 0.5) is 4.79 Å². The lowest BCUT2D eigenvalue weighted by molar-refractivity contribution is -0.0875. The van der Waals surface area contributed by atoms with E-state index in [0.29, 0.717) is 25.6 Å². The second-order valence-corrected chi connectivity index (χ2v) is 7.42. The van der Waals surface area contributed by atoms with E-state index in [-0.39, 0.29) is 17.7 Å². The number of nitrogens with one attached hydrogen (secondary N) is 1. The zero-order chi connectivity index (χ0) is 17.3. The molecule has 0 aliphatic carbocycles. The maximum Gasteiger partial charge on any atom is 0.318 e. The number of ether oxygens (including phenoxy) is 1. The lowest BCUT2D eigenvalue weighted by atomic mass is 10.0. The van der Waals surface area contributed by atoms with Gasteiger partial charge in [0, 0.05) is 19.0 Å². The molecule has 2 aliphatic rings. The normalized spacial score (nSPS) is 27.2. The SMILES string of the molecule is CC[C@@]1(C)CN(C(=O)N[C@H]2CCCn3nc(C(C)C)nc32)CCO1. The van der Waals surface area contributed by atoms with Crippen LogP contribution < -0.4 is 5.32 Å². The van der Waals surface area contributed by atoms with Crippen molar-refractivity contribution in [3.8, 4) is 0 Å². The summed E-state index contributed by atoms with van der Waals surface area (Å²) >= 11 is 0. The van der Waals surface area contributed by atoms with E-state index in [1.165, 1.54) is 0 Å². The summed E-state index contributed by atoms with van der Waals surface area (Å²) in [5.74, 6) is 2.05. The Balaban J connectivity index is 1.69. The van der Waals surface area contributed by atoms with E-state index in [2.05, 4.69) is 43.1 Å². The van der Waals surface area contributed by atoms with Gasteiger partial charge in [-0.2, -0.15) is 5.10 Å². The van der Waals surface area contributed by atoms with Crippen LogP contribution in [0.3, 0.4) is 0 Å². The molecule has 3 heterocycles. The maximum absolute atomic E-state index is 12.7. The highest BCUT2D eigenvalue weighted by atomic mass is 16.5. The van der Waals surface area contributed by atoms with Gasteiger partial charge >= 0.3 is 6.03 Å². The summed E-state index contributed by atoms with van der Waals surface area (Å²) in [6, 6.07) is -0.0764. The first kappa shape index (κ1) is 17.2. The van der Waals surface area contributed by atoms with Gasteiger partial charge in [0.2, 0.25) is 0 Å². The Morgan fingerprint density at radius 2 is 2.25 bits per heavy atom. The molecule has 0 saturated carbocycles. The van der Waals surface area contributed by atoms with Crippen molar-refractivity contribution in [1.82, 2.24) is 25.0 Å². The molecule has 7 nitrogen and oxygen atoms in total. The van der Waals surface area contributed by atoms with Gasteiger partial charge in [-0.1, -0.05) is 20.8 Å². The molecule has 1 saturated heterocycles. The molecule has 1 N–H and O–H groups in total. The van der Waals surface area contributed by atoms with Crippen molar-refractivity contribution in [3.63, 3.8) is 0 Å². The van der Waals surface area contributed by atoms with Gasteiger partial charge in [0.1, 0.15) is 5.82 Å². The number of urea groups is 1. The summed E-state index contributed by atoms with van der Waals surface area (Å²) < 4.78 is 7.78. The smallest absolute Gasteiger partial charge is 0.318 e. The monoisotopic (exact) mass is 335 g/mol. The highest BCUT2D eigenvalue weighted by Gasteiger charge is 2.34. The van der Waals surface area contributed by atoms with E-state index in [1.54, 1.807) is 0 Å². The van der Waals surface area contributed by atoms with Crippen LogP contribution in [-0.2, 0) is 11.3 Å². The molecule has 1 aromatic rings. The highest BCUT2D eigenvalue weighted by molar-refractivity contribution is 5.74. The number of rotatable bonds is 3. The Morgan fingerprint density at radius 1 is 1.46 bits per heavy atom. The molecule has 2 aliphatic heterocycles. The molecule has 134 valence electrons. The second-order valence-electron chi connectivity index (χ2n) is 7.42. The van der Waals surface area contributed by atoms with Crippen LogP contribution in [-0.4, -0.2) is 51.0 Å². The molecule has 0 unspecified atom stereocenters. The molecule has 2 amide bonds. The number of carbonyl (C=O) groups excluding carboxylic acids is 1. The number of morpholine rings is 1. The van der Waals surface area contributed by atoms with E-state index in [9.17, 15) is 4.79 Å². The summed E-state index contributed by atoms with van der Waals surface area (Å²) in [6.07, 6.45) is 2.82. The first-order valence-corrected chi connectivity index (χ1v) is 9.06. The number of fused-ring (bicyclic) bond motifs is 1. The lowest BCUT2D eigenvalue weighted by Gasteiger charge is -2.40. The van der Waals surface area contributed by atoms with Gasteiger partial charge in [-0.3, -0.25) is 0 Å². The van der Waals surface area contributed by atoms with Crippen molar-refractivity contribution in [2.75, 3.05) is 19.7 Å². The third-order valence-corrected chi connectivity index (χ3v) is 5.08. The number of aryl methyl sites for hydroxylation is 1. The van der Waals surface area contributed by atoms with Gasteiger partial charge in [0.25, 0.3) is 0 Å². The third kappa shape index (κ3) is 3.41. The highest BCUT2D eigenvalue weighted by Crippen LogP contribution is 2.26. The Labute approximate surface area is 143 Å². The Kier molecular flexibility index (Phi) is 4.80. The molecule has 1 aromatic heterocycles. The van der Waals surface area contributed by atoms with Crippen molar-refractivity contribution in [1.29, 1.82) is 0 Å². The summed E-state index contributed by atoms with van der Waals surface area (Å²) in [7, 11) is 0. The molecular weight excluding hydrogens is 306 g/mol. The fourth-order valence-electron chi connectivity index (χ4n) is 3.31. The third-order valence-electron chi connectivity index (χ3n) is 5.08. The van der Waals surface area contributed by atoms with Gasteiger partial charge in [0.05, 0.1) is 24.8 Å². The average Bonchev–Trinajstić information content (AvgIpc) is 3.00. The van der Waals surface area contributed by atoms with Crippen LogP contribution in [0.5, 0.6) is 0 Å². The molecule has 0 radical (unpaired) electrons. The van der Waals surface area contributed by atoms with Crippen LogP contribution >= 0.6 is 0 Å². The molecule has 0 aromatic carbocycles. The molecule has 3 rings (SSSR count).